The van der Waals surface area contributed by atoms with Gasteiger partial charge in [-0.05, 0) is 61.6 Å². The lowest BCUT2D eigenvalue weighted by Gasteiger charge is -2.15. The molecule has 0 heterocycles. The molecule has 0 saturated heterocycles. The van der Waals surface area contributed by atoms with E-state index in [2.05, 4.69) is 32.0 Å². The Labute approximate surface area is 119 Å². The zero-order valence-electron chi connectivity index (χ0n) is 11.5. The molecule has 0 aromatic heterocycles. The second-order valence-electron chi connectivity index (χ2n) is 5.10. The zero-order chi connectivity index (χ0) is 14.0. The van der Waals surface area contributed by atoms with E-state index in [0.717, 1.165) is 17.5 Å². The highest BCUT2D eigenvalue weighted by atomic mass is 35.5. The summed E-state index contributed by atoms with van der Waals surface area (Å²) in [6, 6.07) is 11.2. The van der Waals surface area contributed by atoms with Gasteiger partial charge in [0.2, 0.25) is 0 Å². The highest BCUT2D eigenvalue weighted by molar-refractivity contribution is 6.21. The Bertz CT molecular complexity index is 590. The quantitative estimate of drug-likeness (QED) is 0.670. The van der Waals surface area contributed by atoms with Crippen molar-refractivity contribution in [2.24, 2.45) is 0 Å². The third-order valence-electron chi connectivity index (χ3n) is 3.47. The summed E-state index contributed by atoms with van der Waals surface area (Å²) in [4.78, 5) is 0. The maximum Gasteiger partial charge on any atom is 0.123 e. The van der Waals surface area contributed by atoms with E-state index in [1.165, 1.54) is 28.8 Å². The monoisotopic (exact) mass is 276 g/mol. The van der Waals surface area contributed by atoms with Crippen molar-refractivity contribution in [3.05, 3.63) is 70.0 Å². The second-order valence-corrected chi connectivity index (χ2v) is 5.63. The topological polar surface area (TPSA) is 0 Å². The first-order valence-corrected chi connectivity index (χ1v) is 6.87. The van der Waals surface area contributed by atoms with Gasteiger partial charge in [0, 0.05) is 0 Å². The van der Waals surface area contributed by atoms with Gasteiger partial charge in [-0.3, -0.25) is 0 Å². The predicted octanol–water partition coefficient (Wildman–Crippen LogP) is 5.27. The van der Waals surface area contributed by atoms with E-state index < -0.39 is 0 Å². The molecule has 0 amide bonds. The number of benzene rings is 2. The lowest BCUT2D eigenvalue weighted by Crippen LogP contribution is -2.01. The van der Waals surface area contributed by atoms with Gasteiger partial charge >= 0.3 is 0 Å². The molecule has 0 radical (unpaired) electrons. The highest BCUT2D eigenvalue weighted by Crippen LogP contribution is 2.29. The minimum atomic E-state index is -0.211. The Morgan fingerprint density at radius 2 is 1.74 bits per heavy atom. The molecule has 0 aliphatic carbocycles. The van der Waals surface area contributed by atoms with Gasteiger partial charge in [0.1, 0.15) is 5.82 Å². The van der Waals surface area contributed by atoms with Crippen LogP contribution in [0.15, 0.2) is 36.4 Å². The van der Waals surface area contributed by atoms with Gasteiger partial charge in [0.25, 0.3) is 0 Å². The lowest BCUT2D eigenvalue weighted by atomic mass is 9.96. The molecule has 1 unspecified atom stereocenters. The van der Waals surface area contributed by atoms with Crippen LogP contribution in [0.1, 0.15) is 33.2 Å². The van der Waals surface area contributed by atoms with Crippen LogP contribution in [0.3, 0.4) is 0 Å². The third kappa shape index (κ3) is 3.36. The summed E-state index contributed by atoms with van der Waals surface area (Å²) < 4.78 is 13.1. The van der Waals surface area contributed by atoms with Crippen molar-refractivity contribution in [2.75, 3.05) is 0 Å². The van der Waals surface area contributed by atoms with E-state index in [1.54, 1.807) is 6.07 Å². The van der Waals surface area contributed by atoms with Crippen LogP contribution in [0.2, 0.25) is 0 Å². The van der Waals surface area contributed by atoms with E-state index in [-0.39, 0.29) is 11.2 Å². The van der Waals surface area contributed by atoms with Crippen LogP contribution in [0.4, 0.5) is 4.39 Å². The summed E-state index contributed by atoms with van der Waals surface area (Å²) in [5.74, 6) is -0.211. The molecular weight excluding hydrogens is 259 g/mol. The molecule has 0 fully saturated rings. The standard InChI is InChI=1S/C17H18ClF/c1-11-4-5-12(2)14(8-11)10-17(18)16-7-6-15(19)9-13(16)3/h4-9,17H,10H2,1-3H3. The molecule has 0 bridgehead atoms. The van der Waals surface area contributed by atoms with E-state index >= 15 is 0 Å². The van der Waals surface area contributed by atoms with Crippen molar-refractivity contribution in [3.63, 3.8) is 0 Å². The molecule has 0 aliphatic rings. The smallest absolute Gasteiger partial charge is 0.123 e. The van der Waals surface area contributed by atoms with Crippen LogP contribution < -0.4 is 0 Å². The number of aryl methyl sites for hydroxylation is 3. The molecule has 0 aliphatic heterocycles. The summed E-state index contributed by atoms with van der Waals surface area (Å²) >= 11 is 6.50. The maximum absolute atomic E-state index is 13.1. The lowest BCUT2D eigenvalue weighted by molar-refractivity contribution is 0.625. The number of rotatable bonds is 3. The summed E-state index contributed by atoms with van der Waals surface area (Å²) in [6.07, 6.45) is 0.765. The molecule has 1 atom stereocenters. The van der Waals surface area contributed by atoms with Crippen molar-refractivity contribution in [1.29, 1.82) is 0 Å². The molecular formula is C17H18ClF. The molecule has 19 heavy (non-hydrogen) atoms. The molecule has 100 valence electrons. The first-order chi connectivity index (χ1) is 8.97. The maximum atomic E-state index is 13.1. The molecule has 2 aromatic carbocycles. The fourth-order valence-corrected chi connectivity index (χ4v) is 2.72. The van der Waals surface area contributed by atoms with Crippen molar-refractivity contribution in [1.82, 2.24) is 0 Å². The molecule has 2 rings (SSSR count). The SMILES string of the molecule is Cc1ccc(C)c(CC(Cl)c2ccc(F)cc2C)c1. The normalized spacial score (nSPS) is 12.5. The summed E-state index contributed by atoms with van der Waals surface area (Å²) in [6.45, 7) is 6.07. The van der Waals surface area contributed by atoms with Gasteiger partial charge in [-0.1, -0.05) is 29.8 Å². The van der Waals surface area contributed by atoms with Crippen molar-refractivity contribution < 1.29 is 4.39 Å². The van der Waals surface area contributed by atoms with Gasteiger partial charge in [-0.25, -0.2) is 4.39 Å². The van der Waals surface area contributed by atoms with Crippen molar-refractivity contribution >= 4 is 11.6 Å². The summed E-state index contributed by atoms with van der Waals surface area (Å²) in [5.41, 5.74) is 5.65. The highest BCUT2D eigenvalue weighted by Gasteiger charge is 2.13. The zero-order valence-corrected chi connectivity index (χ0v) is 12.3. The summed E-state index contributed by atoms with van der Waals surface area (Å²) in [5, 5.41) is -0.124. The number of halogens is 2. The molecule has 2 heteroatoms. The number of hydrogen-bond donors (Lipinski definition) is 0. The van der Waals surface area contributed by atoms with Crippen LogP contribution in [0.25, 0.3) is 0 Å². The fourth-order valence-electron chi connectivity index (χ4n) is 2.31. The first kappa shape index (κ1) is 14.1. The predicted molar refractivity (Wildman–Crippen MR) is 79.4 cm³/mol. The van der Waals surface area contributed by atoms with E-state index in [1.807, 2.05) is 6.92 Å². The molecule has 0 spiro atoms. The van der Waals surface area contributed by atoms with Crippen LogP contribution in [-0.4, -0.2) is 0 Å². The third-order valence-corrected chi connectivity index (χ3v) is 3.86. The van der Waals surface area contributed by atoms with Gasteiger partial charge in [-0.2, -0.15) is 0 Å². The molecule has 0 nitrogen and oxygen atoms in total. The van der Waals surface area contributed by atoms with Crippen LogP contribution in [0.5, 0.6) is 0 Å². The van der Waals surface area contributed by atoms with Crippen LogP contribution in [-0.2, 0) is 6.42 Å². The van der Waals surface area contributed by atoms with Gasteiger partial charge in [0.05, 0.1) is 5.38 Å². The average Bonchev–Trinajstić information content (AvgIpc) is 2.33. The average molecular weight is 277 g/mol. The van der Waals surface area contributed by atoms with Gasteiger partial charge in [-0.15, -0.1) is 11.6 Å². The van der Waals surface area contributed by atoms with Crippen molar-refractivity contribution in [2.45, 2.75) is 32.6 Å². The van der Waals surface area contributed by atoms with Crippen LogP contribution in [0, 0.1) is 26.6 Å². The van der Waals surface area contributed by atoms with Gasteiger partial charge in [0.15, 0.2) is 0 Å². The summed E-state index contributed by atoms with van der Waals surface area (Å²) in [7, 11) is 0. The Morgan fingerprint density at radius 3 is 2.42 bits per heavy atom. The fraction of sp³-hybridized carbons (Fsp3) is 0.294. The Hall–Kier alpha value is -1.34. The first-order valence-electron chi connectivity index (χ1n) is 6.43. The van der Waals surface area contributed by atoms with E-state index in [4.69, 9.17) is 11.6 Å². The minimum absolute atomic E-state index is 0.124. The molecule has 2 aromatic rings. The second kappa shape index (κ2) is 5.75. The Morgan fingerprint density at radius 1 is 1.00 bits per heavy atom. The Balaban J connectivity index is 2.25. The largest absolute Gasteiger partial charge is 0.207 e. The van der Waals surface area contributed by atoms with Crippen LogP contribution >= 0.6 is 11.6 Å². The van der Waals surface area contributed by atoms with Gasteiger partial charge < -0.3 is 0 Å². The number of hydrogen-bond acceptors (Lipinski definition) is 0. The van der Waals surface area contributed by atoms with E-state index in [9.17, 15) is 4.39 Å². The minimum Gasteiger partial charge on any atom is -0.207 e. The van der Waals surface area contributed by atoms with E-state index in [0.29, 0.717) is 0 Å². The number of alkyl halides is 1. The molecule has 0 saturated carbocycles. The van der Waals surface area contributed by atoms with Crippen molar-refractivity contribution in [3.8, 4) is 0 Å². The Kier molecular flexibility index (Phi) is 4.26. The molecule has 0 N–H and O–H groups in total.